The summed E-state index contributed by atoms with van der Waals surface area (Å²) in [5.74, 6) is -0.0972. The lowest BCUT2D eigenvalue weighted by Gasteiger charge is -2.13. The van der Waals surface area contributed by atoms with E-state index < -0.39 is 6.23 Å². The Morgan fingerprint density at radius 2 is 0.628 bits per heavy atom. The monoisotopic (exact) mass is 608 g/mol. The normalized spacial score (nSPS) is 12.2. The predicted molar refractivity (Wildman–Crippen MR) is 192 cm³/mol. The zero-order valence-electron chi connectivity index (χ0n) is 29.9. The Morgan fingerprint density at radius 1 is 0.395 bits per heavy atom. The minimum absolute atomic E-state index is 0.0972. The van der Waals surface area contributed by atoms with Gasteiger partial charge in [0.2, 0.25) is 0 Å². The van der Waals surface area contributed by atoms with Gasteiger partial charge in [-0.1, -0.05) is 219 Å². The van der Waals surface area contributed by atoms with Gasteiger partial charge in [-0.3, -0.25) is 10.5 Å². The predicted octanol–water partition coefficient (Wildman–Crippen LogP) is 13.9. The lowest BCUT2D eigenvalue weighted by atomic mass is 10.0. The molecule has 0 amide bonds. The molecule has 0 aromatic carbocycles. The van der Waals surface area contributed by atoms with Gasteiger partial charge in [-0.2, -0.15) is 0 Å². The van der Waals surface area contributed by atoms with E-state index in [1.165, 1.54) is 199 Å². The topological polar surface area (TPSA) is 52.3 Å². The Kier molecular flexibility index (Phi) is 37.1. The molecule has 0 aliphatic rings. The van der Waals surface area contributed by atoms with Crippen LogP contribution in [-0.4, -0.2) is 12.2 Å². The van der Waals surface area contributed by atoms with E-state index in [1.807, 2.05) is 0 Å². The highest BCUT2D eigenvalue weighted by Crippen LogP contribution is 2.16. The smallest absolute Gasteiger partial charge is 0.307 e. The second kappa shape index (κ2) is 37.6. The van der Waals surface area contributed by atoms with Crippen LogP contribution in [0.4, 0.5) is 0 Å². The van der Waals surface area contributed by atoms with Gasteiger partial charge in [-0.25, -0.2) is 0 Å². The standard InChI is InChI=1S/C40H81NO2/c1-3-5-7-9-11-13-15-17-19-20-21-22-24-25-27-29-31-33-35-37-39(41)43-40(42)38-36-34-32-30-28-26-23-18-16-14-12-10-8-6-4-2/h39H,3-38,41H2,1-2H3. The van der Waals surface area contributed by atoms with Crippen LogP contribution in [0.1, 0.15) is 245 Å². The molecule has 0 radical (unpaired) electrons. The van der Waals surface area contributed by atoms with Crippen molar-refractivity contribution in [2.24, 2.45) is 5.73 Å². The molecule has 0 rings (SSSR count). The summed E-state index contributed by atoms with van der Waals surface area (Å²) in [6, 6.07) is 0. The molecule has 0 aromatic rings. The third-order valence-electron chi connectivity index (χ3n) is 9.36. The third kappa shape index (κ3) is 37.5. The minimum atomic E-state index is -0.408. The highest BCUT2D eigenvalue weighted by Gasteiger charge is 2.09. The summed E-state index contributed by atoms with van der Waals surface area (Å²) in [5, 5.41) is 0. The van der Waals surface area contributed by atoms with E-state index in [9.17, 15) is 4.79 Å². The number of unbranched alkanes of at least 4 members (excludes halogenated alkanes) is 32. The summed E-state index contributed by atoms with van der Waals surface area (Å²) in [4.78, 5) is 12.1. The van der Waals surface area contributed by atoms with Gasteiger partial charge in [0, 0.05) is 6.42 Å². The molecule has 2 N–H and O–H groups in total. The molecule has 1 unspecified atom stereocenters. The van der Waals surface area contributed by atoms with E-state index in [-0.39, 0.29) is 5.97 Å². The Balaban J connectivity index is 3.25. The molecule has 0 heterocycles. The van der Waals surface area contributed by atoms with Crippen molar-refractivity contribution < 1.29 is 9.53 Å². The number of esters is 1. The molecule has 258 valence electrons. The molecule has 0 aliphatic carbocycles. The average molecular weight is 608 g/mol. The van der Waals surface area contributed by atoms with E-state index in [4.69, 9.17) is 10.5 Å². The lowest BCUT2D eigenvalue weighted by Crippen LogP contribution is -2.26. The van der Waals surface area contributed by atoms with Gasteiger partial charge >= 0.3 is 5.97 Å². The molecule has 0 saturated heterocycles. The Bertz CT molecular complexity index is 523. The highest BCUT2D eigenvalue weighted by molar-refractivity contribution is 5.69. The van der Waals surface area contributed by atoms with Crippen molar-refractivity contribution in [3.63, 3.8) is 0 Å². The maximum absolute atomic E-state index is 12.1. The summed E-state index contributed by atoms with van der Waals surface area (Å²) < 4.78 is 5.45. The fourth-order valence-electron chi connectivity index (χ4n) is 6.35. The molecule has 0 saturated carbocycles. The van der Waals surface area contributed by atoms with Crippen LogP contribution in [0.2, 0.25) is 0 Å². The molecule has 0 spiro atoms. The van der Waals surface area contributed by atoms with Crippen LogP contribution in [0.25, 0.3) is 0 Å². The maximum Gasteiger partial charge on any atom is 0.307 e. The van der Waals surface area contributed by atoms with Crippen LogP contribution < -0.4 is 5.73 Å². The molecule has 0 fully saturated rings. The second-order valence-corrected chi connectivity index (χ2v) is 13.9. The number of ether oxygens (including phenoxy) is 1. The average Bonchev–Trinajstić information content (AvgIpc) is 3.00. The van der Waals surface area contributed by atoms with Gasteiger partial charge in [0.25, 0.3) is 0 Å². The van der Waals surface area contributed by atoms with Crippen molar-refractivity contribution in [1.29, 1.82) is 0 Å². The summed E-state index contributed by atoms with van der Waals surface area (Å²) >= 11 is 0. The molecule has 1 atom stereocenters. The van der Waals surface area contributed by atoms with Crippen molar-refractivity contribution in [2.75, 3.05) is 0 Å². The van der Waals surface area contributed by atoms with Crippen LogP contribution in [0, 0.1) is 0 Å². The first kappa shape index (κ1) is 42.4. The fraction of sp³-hybridized carbons (Fsp3) is 0.975. The lowest BCUT2D eigenvalue weighted by molar-refractivity contribution is -0.149. The molecular formula is C40H81NO2. The highest BCUT2D eigenvalue weighted by atomic mass is 16.6. The Morgan fingerprint density at radius 3 is 0.907 bits per heavy atom. The van der Waals surface area contributed by atoms with Crippen molar-refractivity contribution in [1.82, 2.24) is 0 Å². The number of carbonyl (C=O) groups is 1. The first-order chi connectivity index (χ1) is 21.2. The van der Waals surface area contributed by atoms with E-state index in [1.54, 1.807) is 0 Å². The number of rotatable bonds is 37. The fourth-order valence-corrected chi connectivity index (χ4v) is 6.35. The number of hydrogen-bond donors (Lipinski definition) is 1. The van der Waals surface area contributed by atoms with Crippen LogP contribution >= 0.6 is 0 Å². The van der Waals surface area contributed by atoms with Crippen LogP contribution in [0.15, 0.2) is 0 Å². The van der Waals surface area contributed by atoms with E-state index in [0.717, 1.165) is 25.7 Å². The van der Waals surface area contributed by atoms with Gasteiger partial charge in [-0.15, -0.1) is 0 Å². The molecule has 0 aliphatic heterocycles. The molecule has 3 nitrogen and oxygen atoms in total. The quantitative estimate of drug-likeness (QED) is 0.0434. The Labute approximate surface area is 272 Å². The number of hydrogen-bond acceptors (Lipinski definition) is 3. The molecule has 0 bridgehead atoms. The van der Waals surface area contributed by atoms with Crippen LogP contribution in [0.5, 0.6) is 0 Å². The molecule has 0 aromatic heterocycles. The van der Waals surface area contributed by atoms with Gasteiger partial charge in [0.1, 0.15) is 0 Å². The molecular weight excluding hydrogens is 526 g/mol. The van der Waals surface area contributed by atoms with Crippen molar-refractivity contribution in [3.8, 4) is 0 Å². The van der Waals surface area contributed by atoms with Crippen molar-refractivity contribution >= 4 is 5.97 Å². The van der Waals surface area contributed by atoms with Gasteiger partial charge in [0.05, 0.1) is 0 Å². The van der Waals surface area contributed by atoms with E-state index in [2.05, 4.69) is 13.8 Å². The maximum atomic E-state index is 12.1. The largest absolute Gasteiger partial charge is 0.447 e. The molecule has 43 heavy (non-hydrogen) atoms. The summed E-state index contributed by atoms with van der Waals surface area (Å²) in [7, 11) is 0. The van der Waals surface area contributed by atoms with Gasteiger partial charge < -0.3 is 4.74 Å². The summed E-state index contributed by atoms with van der Waals surface area (Å²) in [6.07, 6.45) is 47.4. The molecule has 3 heteroatoms. The van der Waals surface area contributed by atoms with Crippen molar-refractivity contribution in [2.45, 2.75) is 251 Å². The van der Waals surface area contributed by atoms with Crippen LogP contribution in [-0.2, 0) is 9.53 Å². The minimum Gasteiger partial charge on any atom is -0.447 e. The zero-order chi connectivity index (χ0) is 31.3. The second-order valence-electron chi connectivity index (χ2n) is 13.9. The van der Waals surface area contributed by atoms with Crippen molar-refractivity contribution in [3.05, 3.63) is 0 Å². The number of nitrogens with two attached hydrogens (primary N) is 1. The third-order valence-corrected chi connectivity index (χ3v) is 9.36. The summed E-state index contributed by atoms with van der Waals surface area (Å²) in [5.41, 5.74) is 6.06. The van der Waals surface area contributed by atoms with Crippen LogP contribution in [0.3, 0.4) is 0 Å². The SMILES string of the molecule is CCCCCCCCCCCCCCCCCCCCCC(N)OC(=O)CCCCCCCCCCCCCCCCC. The zero-order valence-corrected chi connectivity index (χ0v) is 29.9. The summed E-state index contributed by atoms with van der Waals surface area (Å²) in [6.45, 7) is 4.58. The number of carbonyl (C=O) groups excluding carboxylic acids is 1. The van der Waals surface area contributed by atoms with Gasteiger partial charge in [-0.05, 0) is 19.3 Å². The first-order valence-electron chi connectivity index (χ1n) is 20.2. The van der Waals surface area contributed by atoms with E-state index in [0.29, 0.717) is 6.42 Å². The first-order valence-corrected chi connectivity index (χ1v) is 20.2. The van der Waals surface area contributed by atoms with Gasteiger partial charge in [0.15, 0.2) is 6.23 Å². The Hall–Kier alpha value is -0.570. The van der Waals surface area contributed by atoms with E-state index >= 15 is 0 Å².